The third-order valence-electron chi connectivity index (χ3n) is 5.37. The first kappa shape index (κ1) is 18.4. The molecule has 2 aliphatic rings. The van der Waals surface area contributed by atoms with Crippen molar-refractivity contribution in [3.05, 3.63) is 17.5 Å². The highest BCUT2D eigenvalue weighted by molar-refractivity contribution is 5.93. The van der Waals surface area contributed by atoms with Crippen molar-refractivity contribution in [2.45, 2.75) is 65.1 Å². The normalized spacial score (nSPS) is 25.1. The van der Waals surface area contributed by atoms with E-state index in [0.717, 1.165) is 25.2 Å². The van der Waals surface area contributed by atoms with Gasteiger partial charge in [0.15, 0.2) is 0 Å². The van der Waals surface area contributed by atoms with Crippen LogP contribution in [0.25, 0.3) is 0 Å². The van der Waals surface area contributed by atoms with Gasteiger partial charge in [0.1, 0.15) is 5.69 Å². The molecule has 0 unspecified atom stereocenters. The number of hydrogen-bond donors (Lipinski definition) is 1. The fourth-order valence-electron chi connectivity index (χ4n) is 4.11. The topological polar surface area (TPSA) is 61.6 Å². The lowest BCUT2D eigenvalue weighted by molar-refractivity contribution is 0.0702. The van der Waals surface area contributed by atoms with Gasteiger partial charge in [0.05, 0.1) is 17.8 Å². The third kappa shape index (κ3) is 4.06. The average molecular weight is 348 g/mol. The highest BCUT2D eigenvalue weighted by Crippen LogP contribution is 2.23. The van der Waals surface area contributed by atoms with Crippen molar-refractivity contribution in [1.82, 2.24) is 19.6 Å². The smallest absolute Gasteiger partial charge is 0.272 e. The number of aromatic nitrogens is 2. The van der Waals surface area contributed by atoms with E-state index in [1.165, 1.54) is 19.3 Å². The highest BCUT2D eigenvalue weighted by Gasteiger charge is 2.38. The summed E-state index contributed by atoms with van der Waals surface area (Å²) in [6.45, 7) is 10.1. The van der Waals surface area contributed by atoms with E-state index in [2.05, 4.69) is 23.8 Å². The predicted octanol–water partition coefficient (Wildman–Crippen LogP) is 1.77. The molecule has 0 spiro atoms. The van der Waals surface area contributed by atoms with Crippen LogP contribution < -0.4 is 0 Å². The number of nitrogens with zero attached hydrogens (tertiary/aromatic N) is 4. The Kier molecular flexibility index (Phi) is 5.79. The van der Waals surface area contributed by atoms with Gasteiger partial charge in [0, 0.05) is 19.6 Å². The molecule has 0 bridgehead atoms. The molecule has 0 saturated carbocycles. The summed E-state index contributed by atoms with van der Waals surface area (Å²) in [6.07, 6.45) is 4.09. The Bertz CT molecular complexity index is 592. The maximum absolute atomic E-state index is 13.0. The molecule has 3 rings (SSSR count). The molecular weight excluding hydrogens is 316 g/mol. The maximum Gasteiger partial charge on any atom is 0.272 e. The van der Waals surface area contributed by atoms with Crippen LogP contribution in [0.4, 0.5) is 0 Å². The van der Waals surface area contributed by atoms with Crippen LogP contribution in [-0.2, 0) is 13.0 Å². The number of amides is 1. The van der Waals surface area contributed by atoms with Gasteiger partial charge in [-0.25, -0.2) is 0 Å². The lowest BCUT2D eigenvalue weighted by Crippen LogP contribution is -2.46. The minimum absolute atomic E-state index is 0.00270. The minimum Gasteiger partial charge on any atom is -0.390 e. The van der Waals surface area contributed by atoms with E-state index in [-0.39, 0.29) is 11.9 Å². The third-order valence-corrected chi connectivity index (χ3v) is 5.37. The molecular formula is C19H32N4O2. The number of β-amino-alcohol motifs (C(OH)–C–C–N with tert-alkyl or cyclic N) is 1. The summed E-state index contributed by atoms with van der Waals surface area (Å²) in [7, 11) is 0. The second kappa shape index (κ2) is 7.87. The zero-order valence-electron chi connectivity index (χ0n) is 15.8. The number of hydrogen-bond acceptors (Lipinski definition) is 4. The van der Waals surface area contributed by atoms with Gasteiger partial charge in [0.2, 0.25) is 0 Å². The Hall–Kier alpha value is -1.40. The predicted molar refractivity (Wildman–Crippen MR) is 97.6 cm³/mol. The van der Waals surface area contributed by atoms with E-state index in [4.69, 9.17) is 0 Å². The van der Waals surface area contributed by atoms with Crippen molar-refractivity contribution in [3.8, 4) is 0 Å². The molecule has 6 nitrogen and oxygen atoms in total. The van der Waals surface area contributed by atoms with Crippen molar-refractivity contribution in [2.75, 3.05) is 26.2 Å². The Morgan fingerprint density at radius 1 is 1.28 bits per heavy atom. The molecule has 6 heteroatoms. The quantitative estimate of drug-likeness (QED) is 0.881. The number of rotatable bonds is 5. The number of piperidine rings is 1. The van der Waals surface area contributed by atoms with E-state index >= 15 is 0 Å². The number of aliphatic hydroxyl groups is 1. The van der Waals surface area contributed by atoms with Crippen molar-refractivity contribution >= 4 is 5.91 Å². The van der Waals surface area contributed by atoms with E-state index in [0.29, 0.717) is 31.2 Å². The fourth-order valence-corrected chi connectivity index (χ4v) is 4.11. The van der Waals surface area contributed by atoms with E-state index < -0.39 is 6.10 Å². The lowest BCUT2D eigenvalue weighted by Gasteiger charge is -2.33. The Balaban J connectivity index is 1.71. The summed E-state index contributed by atoms with van der Waals surface area (Å²) >= 11 is 0. The SMILES string of the molecule is CCn1nc(CC(C)C)cc1C(=O)N1C[C@H](O)[C@@H](N2CCCCC2)C1. The minimum atomic E-state index is -0.449. The summed E-state index contributed by atoms with van der Waals surface area (Å²) < 4.78 is 1.81. The monoisotopic (exact) mass is 348 g/mol. The van der Waals surface area contributed by atoms with Gasteiger partial charge < -0.3 is 10.0 Å². The van der Waals surface area contributed by atoms with Gasteiger partial charge in [-0.1, -0.05) is 20.3 Å². The van der Waals surface area contributed by atoms with Crippen molar-refractivity contribution in [1.29, 1.82) is 0 Å². The number of likely N-dealkylation sites (tertiary alicyclic amines) is 2. The summed E-state index contributed by atoms with van der Waals surface area (Å²) in [5.74, 6) is 0.517. The van der Waals surface area contributed by atoms with Gasteiger partial charge in [-0.05, 0) is 51.3 Å². The average Bonchev–Trinajstić information content (AvgIpc) is 3.18. The zero-order valence-corrected chi connectivity index (χ0v) is 15.8. The van der Waals surface area contributed by atoms with Crippen LogP contribution in [0.1, 0.15) is 56.2 Å². The fraction of sp³-hybridized carbons (Fsp3) is 0.789. The maximum atomic E-state index is 13.0. The Morgan fingerprint density at radius 2 is 2.00 bits per heavy atom. The van der Waals surface area contributed by atoms with Crippen LogP contribution in [0.15, 0.2) is 6.07 Å². The summed E-state index contributed by atoms with van der Waals surface area (Å²) in [5.41, 5.74) is 1.64. The van der Waals surface area contributed by atoms with Gasteiger partial charge in [-0.15, -0.1) is 0 Å². The zero-order chi connectivity index (χ0) is 18.0. The van der Waals surface area contributed by atoms with E-state index in [1.807, 2.05) is 17.9 Å². The molecule has 0 radical (unpaired) electrons. The van der Waals surface area contributed by atoms with Crippen LogP contribution in [-0.4, -0.2) is 68.9 Å². The molecule has 0 aliphatic carbocycles. The number of aliphatic hydroxyl groups excluding tert-OH is 1. The first-order valence-electron chi connectivity index (χ1n) is 9.77. The van der Waals surface area contributed by atoms with Crippen LogP contribution in [0.3, 0.4) is 0 Å². The largest absolute Gasteiger partial charge is 0.390 e. The number of aryl methyl sites for hydroxylation is 1. The molecule has 1 aromatic rings. The molecule has 2 aliphatic heterocycles. The molecule has 2 atom stereocenters. The molecule has 25 heavy (non-hydrogen) atoms. The van der Waals surface area contributed by atoms with Crippen LogP contribution >= 0.6 is 0 Å². The standard InChI is InChI=1S/C19H32N4O2/c1-4-23-16(11-15(20-23)10-14(2)3)19(25)22-12-17(18(24)13-22)21-8-6-5-7-9-21/h11,14,17-18,24H,4-10,12-13H2,1-3H3/t17-,18-/m0/s1. The lowest BCUT2D eigenvalue weighted by atomic mass is 10.1. The van der Waals surface area contributed by atoms with Gasteiger partial charge in [-0.3, -0.25) is 14.4 Å². The first-order chi connectivity index (χ1) is 12.0. The second-order valence-electron chi connectivity index (χ2n) is 7.88. The summed E-state index contributed by atoms with van der Waals surface area (Å²) in [5, 5.41) is 15.1. The van der Waals surface area contributed by atoms with Crippen LogP contribution in [0, 0.1) is 5.92 Å². The molecule has 1 amide bonds. The molecule has 1 aromatic heterocycles. The highest BCUT2D eigenvalue weighted by atomic mass is 16.3. The van der Waals surface area contributed by atoms with Crippen LogP contribution in [0.5, 0.6) is 0 Å². The Labute approximate surface area is 150 Å². The molecule has 140 valence electrons. The second-order valence-corrected chi connectivity index (χ2v) is 7.88. The van der Waals surface area contributed by atoms with Crippen molar-refractivity contribution in [2.24, 2.45) is 5.92 Å². The number of carbonyl (C=O) groups excluding carboxylic acids is 1. The van der Waals surface area contributed by atoms with E-state index in [1.54, 1.807) is 4.68 Å². The van der Waals surface area contributed by atoms with E-state index in [9.17, 15) is 9.90 Å². The van der Waals surface area contributed by atoms with Gasteiger partial charge >= 0.3 is 0 Å². The summed E-state index contributed by atoms with van der Waals surface area (Å²) in [4.78, 5) is 17.2. The number of carbonyl (C=O) groups is 1. The van der Waals surface area contributed by atoms with Crippen molar-refractivity contribution in [3.63, 3.8) is 0 Å². The van der Waals surface area contributed by atoms with Crippen molar-refractivity contribution < 1.29 is 9.90 Å². The summed E-state index contributed by atoms with van der Waals surface area (Å²) in [6, 6.07) is 2.02. The van der Waals surface area contributed by atoms with Gasteiger partial charge in [0.25, 0.3) is 5.91 Å². The molecule has 2 saturated heterocycles. The molecule has 2 fully saturated rings. The van der Waals surface area contributed by atoms with Crippen LogP contribution in [0.2, 0.25) is 0 Å². The molecule has 1 N–H and O–H groups in total. The molecule has 3 heterocycles. The van der Waals surface area contributed by atoms with Gasteiger partial charge in [-0.2, -0.15) is 5.10 Å². The Morgan fingerprint density at radius 3 is 2.64 bits per heavy atom. The molecule has 0 aromatic carbocycles. The first-order valence-corrected chi connectivity index (χ1v) is 9.77.